The molecule has 0 aromatic carbocycles. The molecule has 0 amide bonds. The number of hydrogen-bond acceptors (Lipinski definition) is 2. The summed E-state index contributed by atoms with van der Waals surface area (Å²) in [5, 5.41) is 0. The lowest BCUT2D eigenvalue weighted by Crippen LogP contribution is -2.18. The van der Waals surface area contributed by atoms with E-state index in [1.807, 2.05) is 12.4 Å². The second kappa shape index (κ2) is 3.88. The molecular weight excluding hydrogens is 160 g/mol. The van der Waals surface area contributed by atoms with Crippen molar-refractivity contribution in [2.45, 2.75) is 26.3 Å². The zero-order chi connectivity index (χ0) is 9.10. The molecule has 0 unspecified atom stereocenters. The second-order valence-corrected chi connectivity index (χ2v) is 3.85. The summed E-state index contributed by atoms with van der Waals surface area (Å²) in [6, 6.07) is 2.23. The number of nitrogens with zero attached hydrogens (tertiary/aromatic N) is 2. The molecule has 1 aliphatic rings. The van der Waals surface area contributed by atoms with Crippen LogP contribution in [0.3, 0.4) is 0 Å². The van der Waals surface area contributed by atoms with Gasteiger partial charge in [-0.2, -0.15) is 0 Å². The SMILES string of the molecule is Cc1cncc(CN2CCCC2)c1. The van der Waals surface area contributed by atoms with E-state index in [2.05, 4.69) is 22.9 Å². The number of hydrogen-bond donors (Lipinski definition) is 0. The molecule has 1 aliphatic heterocycles. The molecule has 1 aromatic heterocycles. The van der Waals surface area contributed by atoms with Gasteiger partial charge >= 0.3 is 0 Å². The smallest absolute Gasteiger partial charge is 0.0313 e. The molecule has 0 aliphatic carbocycles. The Morgan fingerprint density at radius 2 is 2.08 bits per heavy atom. The fourth-order valence-electron chi connectivity index (χ4n) is 1.90. The van der Waals surface area contributed by atoms with E-state index in [1.165, 1.54) is 37.1 Å². The molecule has 1 fully saturated rings. The van der Waals surface area contributed by atoms with Crippen LogP contribution in [0.1, 0.15) is 24.0 Å². The van der Waals surface area contributed by atoms with E-state index in [1.54, 1.807) is 0 Å². The molecule has 0 N–H and O–H groups in total. The van der Waals surface area contributed by atoms with Gasteiger partial charge in [-0.3, -0.25) is 9.88 Å². The van der Waals surface area contributed by atoms with Gasteiger partial charge in [0, 0.05) is 18.9 Å². The molecule has 0 bridgehead atoms. The van der Waals surface area contributed by atoms with Crippen molar-refractivity contribution in [2.24, 2.45) is 0 Å². The summed E-state index contributed by atoms with van der Waals surface area (Å²) in [6.07, 6.45) is 6.61. The van der Waals surface area contributed by atoms with Gasteiger partial charge in [-0.05, 0) is 44.0 Å². The van der Waals surface area contributed by atoms with E-state index in [0.717, 1.165) is 6.54 Å². The average molecular weight is 176 g/mol. The van der Waals surface area contributed by atoms with E-state index in [4.69, 9.17) is 0 Å². The third kappa shape index (κ3) is 2.28. The van der Waals surface area contributed by atoms with Crippen LogP contribution in [-0.2, 0) is 6.54 Å². The van der Waals surface area contributed by atoms with Crippen LogP contribution in [0.15, 0.2) is 18.5 Å². The van der Waals surface area contributed by atoms with Crippen molar-refractivity contribution in [1.82, 2.24) is 9.88 Å². The van der Waals surface area contributed by atoms with Gasteiger partial charge in [-0.1, -0.05) is 6.07 Å². The third-order valence-electron chi connectivity index (χ3n) is 2.54. The monoisotopic (exact) mass is 176 g/mol. The maximum atomic E-state index is 4.20. The van der Waals surface area contributed by atoms with Gasteiger partial charge < -0.3 is 0 Å². The Morgan fingerprint density at radius 3 is 2.77 bits per heavy atom. The average Bonchev–Trinajstić information content (AvgIpc) is 2.57. The van der Waals surface area contributed by atoms with Crippen molar-refractivity contribution in [3.63, 3.8) is 0 Å². The predicted octanol–water partition coefficient (Wildman–Crippen LogP) is 1.99. The first-order valence-electron chi connectivity index (χ1n) is 4.97. The summed E-state index contributed by atoms with van der Waals surface area (Å²) in [4.78, 5) is 6.70. The van der Waals surface area contributed by atoms with E-state index in [9.17, 15) is 0 Å². The zero-order valence-corrected chi connectivity index (χ0v) is 8.16. The highest BCUT2D eigenvalue weighted by Gasteiger charge is 2.11. The highest BCUT2D eigenvalue weighted by Crippen LogP contribution is 2.12. The van der Waals surface area contributed by atoms with Gasteiger partial charge in [-0.25, -0.2) is 0 Å². The standard InChI is InChI=1S/C11H16N2/c1-10-6-11(8-12-7-10)9-13-4-2-3-5-13/h6-8H,2-5,9H2,1H3. The number of rotatable bonds is 2. The predicted molar refractivity (Wildman–Crippen MR) is 53.5 cm³/mol. The van der Waals surface area contributed by atoms with Crippen molar-refractivity contribution in [3.05, 3.63) is 29.6 Å². The summed E-state index contributed by atoms with van der Waals surface area (Å²) < 4.78 is 0. The van der Waals surface area contributed by atoms with Crippen molar-refractivity contribution in [2.75, 3.05) is 13.1 Å². The van der Waals surface area contributed by atoms with Crippen LogP contribution in [-0.4, -0.2) is 23.0 Å². The maximum Gasteiger partial charge on any atom is 0.0313 e. The fraction of sp³-hybridized carbons (Fsp3) is 0.545. The summed E-state index contributed by atoms with van der Waals surface area (Å²) in [5.74, 6) is 0. The molecule has 13 heavy (non-hydrogen) atoms. The van der Waals surface area contributed by atoms with Gasteiger partial charge in [0.25, 0.3) is 0 Å². The number of aryl methyl sites for hydroxylation is 1. The minimum atomic E-state index is 1.08. The Hall–Kier alpha value is -0.890. The lowest BCUT2D eigenvalue weighted by atomic mass is 10.2. The highest BCUT2D eigenvalue weighted by atomic mass is 15.1. The Labute approximate surface area is 79.6 Å². The molecular formula is C11H16N2. The molecule has 2 heteroatoms. The summed E-state index contributed by atoms with van der Waals surface area (Å²) >= 11 is 0. The largest absolute Gasteiger partial charge is 0.299 e. The van der Waals surface area contributed by atoms with Gasteiger partial charge in [0.05, 0.1) is 0 Å². The molecule has 0 saturated carbocycles. The minimum absolute atomic E-state index is 1.08. The number of pyridine rings is 1. The molecule has 2 heterocycles. The van der Waals surface area contributed by atoms with Gasteiger partial charge in [0.1, 0.15) is 0 Å². The molecule has 2 rings (SSSR count). The van der Waals surface area contributed by atoms with E-state index >= 15 is 0 Å². The Kier molecular flexibility index (Phi) is 2.60. The normalized spacial score (nSPS) is 17.9. The van der Waals surface area contributed by atoms with Crippen molar-refractivity contribution in [3.8, 4) is 0 Å². The van der Waals surface area contributed by atoms with Crippen LogP contribution in [0.4, 0.5) is 0 Å². The zero-order valence-electron chi connectivity index (χ0n) is 8.16. The Bertz CT molecular complexity index is 277. The number of aromatic nitrogens is 1. The minimum Gasteiger partial charge on any atom is -0.299 e. The fourth-order valence-corrected chi connectivity index (χ4v) is 1.90. The second-order valence-electron chi connectivity index (χ2n) is 3.85. The Balaban J connectivity index is 2.00. The van der Waals surface area contributed by atoms with E-state index < -0.39 is 0 Å². The van der Waals surface area contributed by atoms with Crippen LogP contribution in [0, 0.1) is 6.92 Å². The first-order valence-corrected chi connectivity index (χ1v) is 4.97. The quantitative estimate of drug-likeness (QED) is 0.685. The lowest BCUT2D eigenvalue weighted by Gasteiger charge is -2.14. The summed E-state index contributed by atoms with van der Waals surface area (Å²) in [6.45, 7) is 5.69. The topological polar surface area (TPSA) is 16.1 Å². The van der Waals surface area contributed by atoms with Crippen LogP contribution >= 0.6 is 0 Å². The molecule has 1 aromatic rings. The molecule has 0 radical (unpaired) electrons. The van der Waals surface area contributed by atoms with Gasteiger partial charge in [-0.15, -0.1) is 0 Å². The third-order valence-corrected chi connectivity index (χ3v) is 2.54. The highest BCUT2D eigenvalue weighted by molar-refractivity contribution is 5.16. The number of likely N-dealkylation sites (tertiary alicyclic amines) is 1. The molecule has 2 nitrogen and oxygen atoms in total. The van der Waals surface area contributed by atoms with Crippen LogP contribution in [0.2, 0.25) is 0 Å². The lowest BCUT2D eigenvalue weighted by molar-refractivity contribution is 0.331. The van der Waals surface area contributed by atoms with Crippen molar-refractivity contribution in [1.29, 1.82) is 0 Å². The van der Waals surface area contributed by atoms with Gasteiger partial charge in [0.15, 0.2) is 0 Å². The molecule has 70 valence electrons. The Morgan fingerprint density at radius 1 is 1.31 bits per heavy atom. The van der Waals surface area contributed by atoms with Crippen LogP contribution in [0.5, 0.6) is 0 Å². The first kappa shape index (κ1) is 8.70. The van der Waals surface area contributed by atoms with Crippen LogP contribution < -0.4 is 0 Å². The summed E-state index contributed by atoms with van der Waals surface area (Å²) in [7, 11) is 0. The van der Waals surface area contributed by atoms with Crippen LogP contribution in [0.25, 0.3) is 0 Å². The van der Waals surface area contributed by atoms with E-state index in [-0.39, 0.29) is 0 Å². The first-order chi connectivity index (χ1) is 6.34. The van der Waals surface area contributed by atoms with Crippen molar-refractivity contribution < 1.29 is 0 Å². The summed E-state index contributed by atoms with van der Waals surface area (Å²) in [5.41, 5.74) is 2.61. The van der Waals surface area contributed by atoms with E-state index in [0.29, 0.717) is 0 Å². The van der Waals surface area contributed by atoms with Crippen molar-refractivity contribution >= 4 is 0 Å². The molecule has 0 atom stereocenters. The van der Waals surface area contributed by atoms with Gasteiger partial charge in [0.2, 0.25) is 0 Å². The maximum absolute atomic E-state index is 4.20. The molecule has 1 saturated heterocycles. The molecule has 0 spiro atoms.